The minimum Gasteiger partial charge on any atom is -0.371 e. The molecular formula is C21H25Cl2FN4. The quantitative estimate of drug-likeness (QED) is 0.542. The second kappa shape index (κ2) is 9.12. The van der Waals surface area contributed by atoms with Gasteiger partial charge in [0.05, 0.1) is 28.5 Å². The molecule has 0 aliphatic carbocycles. The number of hydrogen-bond acceptors (Lipinski definition) is 3. The van der Waals surface area contributed by atoms with Gasteiger partial charge in [-0.2, -0.15) is 0 Å². The molecular weight excluding hydrogens is 398 g/mol. The Morgan fingerprint density at radius 1 is 1.04 bits per heavy atom. The maximum absolute atomic E-state index is 13.8. The summed E-state index contributed by atoms with van der Waals surface area (Å²) >= 11 is 12.0. The van der Waals surface area contributed by atoms with Gasteiger partial charge in [-0.15, -0.1) is 0 Å². The zero-order valence-electron chi connectivity index (χ0n) is 16.1. The summed E-state index contributed by atoms with van der Waals surface area (Å²) in [5.41, 5.74) is 2.43. The van der Waals surface area contributed by atoms with E-state index in [0.717, 1.165) is 43.1 Å². The number of amidine groups is 1. The van der Waals surface area contributed by atoms with Crippen LogP contribution in [0.4, 0.5) is 15.8 Å². The standard InChI is InChI=1S/C19H19Cl2FN4.C2H6/c20-13-10-14(21)15(22)9-12(13)11-24-18-19(5-7-23-8-6-19)26-17-4-2-1-3-16(17)25-18;1-2/h1-4,9-10,23,26H,5-8,11H2,(H,24,25);1-2H3. The van der Waals surface area contributed by atoms with Crippen molar-refractivity contribution < 1.29 is 4.39 Å². The molecule has 0 radical (unpaired) electrons. The third-order valence-electron chi connectivity index (χ3n) is 4.96. The Hall–Kier alpha value is -1.82. The molecule has 0 bridgehead atoms. The number of benzene rings is 2. The molecule has 2 aliphatic heterocycles. The number of nitrogens with one attached hydrogen (secondary N) is 3. The van der Waals surface area contributed by atoms with Crippen molar-refractivity contribution in [1.29, 1.82) is 0 Å². The van der Waals surface area contributed by atoms with Gasteiger partial charge in [-0.3, -0.25) is 4.99 Å². The average molecular weight is 423 g/mol. The van der Waals surface area contributed by atoms with Crippen LogP contribution >= 0.6 is 23.2 Å². The van der Waals surface area contributed by atoms with Crippen molar-refractivity contribution in [3.05, 3.63) is 57.8 Å². The van der Waals surface area contributed by atoms with Crippen molar-refractivity contribution in [3.63, 3.8) is 0 Å². The number of para-hydroxylation sites is 2. The molecule has 2 heterocycles. The van der Waals surface area contributed by atoms with E-state index in [9.17, 15) is 4.39 Å². The van der Waals surface area contributed by atoms with Crippen LogP contribution in [0, 0.1) is 5.82 Å². The average Bonchev–Trinajstić information content (AvgIpc) is 2.72. The van der Waals surface area contributed by atoms with Gasteiger partial charge >= 0.3 is 0 Å². The highest BCUT2D eigenvalue weighted by Crippen LogP contribution is 2.36. The zero-order chi connectivity index (χ0) is 20.1. The summed E-state index contributed by atoms with van der Waals surface area (Å²) in [5, 5.41) is 11.0. The summed E-state index contributed by atoms with van der Waals surface area (Å²) in [6.07, 6.45) is 1.83. The molecule has 4 nitrogen and oxygen atoms in total. The summed E-state index contributed by atoms with van der Waals surface area (Å²) in [7, 11) is 0. The van der Waals surface area contributed by atoms with Gasteiger partial charge in [0, 0.05) is 5.02 Å². The predicted molar refractivity (Wildman–Crippen MR) is 117 cm³/mol. The van der Waals surface area contributed by atoms with Crippen LogP contribution in [0.2, 0.25) is 10.0 Å². The van der Waals surface area contributed by atoms with Crippen LogP contribution in [0.15, 0.2) is 41.4 Å². The third-order valence-corrected chi connectivity index (χ3v) is 5.60. The van der Waals surface area contributed by atoms with E-state index in [1.807, 2.05) is 32.0 Å². The van der Waals surface area contributed by atoms with Crippen molar-refractivity contribution in [2.75, 3.05) is 23.7 Å². The predicted octanol–water partition coefficient (Wildman–Crippen LogP) is 5.72. The summed E-state index contributed by atoms with van der Waals surface area (Å²) in [6.45, 7) is 6.10. The third kappa shape index (κ3) is 4.27. The molecule has 0 unspecified atom stereocenters. The maximum atomic E-state index is 13.8. The topological polar surface area (TPSA) is 48.5 Å². The van der Waals surface area contributed by atoms with Gasteiger partial charge in [0.2, 0.25) is 0 Å². The smallest absolute Gasteiger partial charge is 0.142 e. The normalized spacial score (nSPS) is 18.5. The van der Waals surface area contributed by atoms with Gasteiger partial charge in [-0.25, -0.2) is 4.39 Å². The highest BCUT2D eigenvalue weighted by molar-refractivity contribution is 6.35. The van der Waals surface area contributed by atoms with Crippen LogP contribution in [0.25, 0.3) is 0 Å². The van der Waals surface area contributed by atoms with Crippen LogP contribution in [0.1, 0.15) is 32.3 Å². The maximum Gasteiger partial charge on any atom is 0.142 e. The highest BCUT2D eigenvalue weighted by atomic mass is 35.5. The molecule has 2 aliphatic rings. The molecule has 1 saturated heterocycles. The minimum atomic E-state index is -0.483. The molecule has 2 aromatic carbocycles. The number of halogens is 3. The Morgan fingerprint density at radius 3 is 2.43 bits per heavy atom. The first-order chi connectivity index (χ1) is 13.6. The van der Waals surface area contributed by atoms with E-state index in [1.165, 1.54) is 12.1 Å². The largest absolute Gasteiger partial charge is 0.371 e. The Bertz CT molecular complexity index is 863. The molecule has 2 aromatic rings. The second-order valence-electron chi connectivity index (χ2n) is 6.65. The molecule has 0 saturated carbocycles. The van der Waals surface area contributed by atoms with E-state index >= 15 is 0 Å². The lowest BCUT2D eigenvalue weighted by molar-refractivity contribution is 0.419. The number of rotatable bonds is 2. The molecule has 7 heteroatoms. The van der Waals surface area contributed by atoms with Crippen LogP contribution in [-0.2, 0) is 6.54 Å². The van der Waals surface area contributed by atoms with Crippen molar-refractivity contribution in [1.82, 2.24) is 5.32 Å². The first-order valence-electron chi connectivity index (χ1n) is 9.61. The van der Waals surface area contributed by atoms with Crippen molar-refractivity contribution in [3.8, 4) is 0 Å². The van der Waals surface area contributed by atoms with Gasteiger partial charge in [0.1, 0.15) is 11.7 Å². The van der Waals surface area contributed by atoms with Crippen molar-refractivity contribution in [2.24, 2.45) is 4.99 Å². The second-order valence-corrected chi connectivity index (χ2v) is 7.46. The molecule has 0 amide bonds. The fourth-order valence-electron chi connectivity index (χ4n) is 3.52. The first-order valence-corrected chi connectivity index (χ1v) is 10.4. The van der Waals surface area contributed by atoms with Crippen LogP contribution in [0.3, 0.4) is 0 Å². The van der Waals surface area contributed by atoms with Gasteiger partial charge < -0.3 is 16.0 Å². The monoisotopic (exact) mass is 422 g/mol. The van der Waals surface area contributed by atoms with Crippen molar-refractivity contribution in [2.45, 2.75) is 38.8 Å². The number of anilines is 2. The SMILES string of the molecule is CC.Fc1cc(CN=C2Nc3ccccc3NC23CCNCC3)c(Cl)cc1Cl. The Morgan fingerprint density at radius 2 is 1.71 bits per heavy atom. The minimum absolute atomic E-state index is 0.0209. The van der Waals surface area contributed by atoms with E-state index in [0.29, 0.717) is 10.6 Å². The lowest BCUT2D eigenvalue weighted by atomic mass is 9.84. The molecule has 1 spiro atoms. The number of aliphatic imine (C=N–C) groups is 1. The van der Waals surface area contributed by atoms with Crippen LogP contribution < -0.4 is 16.0 Å². The number of nitrogens with zero attached hydrogens (tertiary/aromatic N) is 1. The van der Waals surface area contributed by atoms with Gasteiger partial charge in [-0.05, 0) is 55.8 Å². The molecule has 4 rings (SSSR count). The molecule has 28 heavy (non-hydrogen) atoms. The Balaban J connectivity index is 0.00000109. The summed E-state index contributed by atoms with van der Waals surface area (Å²) in [4.78, 5) is 4.78. The molecule has 3 N–H and O–H groups in total. The van der Waals surface area contributed by atoms with E-state index in [-0.39, 0.29) is 17.1 Å². The van der Waals surface area contributed by atoms with Gasteiger partial charge in [0.25, 0.3) is 0 Å². The number of piperidine rings is 1. The van der Waals surface area contributed by atoms with E-state index in [2.05, 4.69) is 22.0 Å². The van der Waals surface area contributed by atoms with Crippen LogP contribution in [0.5, 0.6) is 0 Å². The van der Waals surface area contributed by atoms with E-state index in [1.54, 1.807) is 0 Å². The lowest BCUT2D eigenvalue weighted by Crippen LogP contribution is -2.57. The first kappa shape index (κ1) is 20.9. The fourth-order valence-corrected chi connectivity index (χ4v) is 3.96. The Kier molecular flexibility index (Phi) is 6.81. The number of hydrogen-bond donors (Lipinski definition) is 3. The van der Waals surface area contributed by atoms with Gasteiger partial charge in [0.15, 0.2) is 0 Å². The zero-order valence-corrected chi connectivity index (χ0v) is 17.6. The Labute approximate surface area is 175 Å². The van der Waals surface area contributed by atoms with Crippen LogP contribution in [-0.4, -0.2) is 24.5 Å². The number of fused-ring (bicyclic) bond motifs is 1. The van der Waals surface area contributed by atoms with E-state index < -0.39 is 5.82 Å². The molecule has 150 valence electrons. The highest BCUT2D eigenvalue weighted by Gasteiger charge is 2.40. The van der Waals surface area contributed by atoms with E-state index in [4.69, 9.17) is 28.2 Å². The summed E-state index contributed by atoms with van der Waals surface area (Å²) < 4.78 is 13.8. The molecule has 0 atom stereocenters. The lowest BCUT2D eigenvalue weighted by Gasteiger charge is -2.44. The molecule has 1 fully saturated rings. The summed E-state index contributed by atoms with van der Waals surface area (Å²) in [5.74, 6) is 0.382. The van der Waals surface area contributed by atoms with Gasteiger partial charge in [-0.1, -0.05) is 49.2 Å². The summed E-state index contributed by atoms with van der Waals surface area (Å²) in [6, 6.07) is 10.9. The van der Waals surface area contributed by atoms with Crippen molar-refractivity contribution >= 4 is 40.4 Å². The fraction of sp³-hybridized carbons (Fsp3) is 0.381. The molecule has 0 aromatic heterocycles.